The fraction of sp³-hybridized carbons (Fsp3) is 0.208. The molecule has 0 atom stereocenters. The molecule has 0 fully saturated rings. The van der Waals surface area contributed by atoms with Crippen LogP contribution in [0.2, 0.25) is 0 Å². The van der Waals surface area contributed by atoms with Gasteiger partial charge in [0.1, 0.15) is 5.75 Å². The molecule has 0 aliphatic rings. The van der Waals surface area contributed by atoms with Crippen LogP contribution in [0.4, 0.5) is 5.13 Å². The van der Waals surface area contributed by atoms with Crippen LogP contribution >= 0.6 is 11.3 Å². The summed E-state index contributed by atoms with van der Waals surface area (Å²) in [4.78, 5) is 23.7. The molecule has 2 aromatic heterocycles. The van der Waals surface area contributed by atoms with Crippen molar-refractivity contribution in [1.82, 2.24) is 9.97 Å². The lowest BCUT2D eigenvalue weighted by molar-refractivity contribution is -0.116. The van der Waals surface area contributed by atoms with Crippen molar-refractivity contribution >= 4 is 42.4 Å². The Morgan fingerprint density at radius 2 is 1.78 bits per heavy atom. The molecule has 2 aromatic carbocycles. The van der Waals surface area contributed by atoms with E-state index in [4.69, 9.17) is 0 Å². The fourth-order valence-electron chi connectivity index (χ4n) is 3.54. The minimum atomic E-state index is -3.66. The van der Waals surface area contributed by atoms with Gasteiger partial charge in [-0.3, -0.25) is 14.7 Å². The predicted molar refractivity (Wildman–Crippen MR) is 128 cm³/mol. The number of rotatable bonds is 7. The fourth-order valence-corrected chi connectivity index (χ4v) is 6.03. The molecular formula is C24H23N3O3S2. The third kappa shape index (κ3) is 5.20. The Hall–Kier alpha value is -3.10. The monoisotopic (exact) mass is 465 g/mol. The van der Waals surface area contributed by atoms with Crippen LogP contribution in [0.25, 0.3) is 10.2 Å². The number of amides is 1. The second-order valence-electron chi connectivity index (χ2n) is 7.74. The summed E-state index contributed by atoms with van der Waals surface area (Å²) in [5.74, 6) is -1.29. The van der Waals surface area contributed by atoms with Crippen molar-refractivity contribution in [3.8, 4) is 0 Å². The van der Waals surface area contributed by atoms with E-state index in [1.165, 1.54) is 16.2 Å². The molecule has 0 N–H and O–H groups in total. The van der Waals surface area contributed by atoms with Crippen LogP contribution < -0.4 is 4.90 Å². The van der Waals surface area contributed by atoms with E-state index in [1.54, 1.807) is 36.5 Å². The van der Waals surface area contributed by atoms with E-state index in [0.717, 1.165) is 21.3 Å². The van der Waals surface area contributed by atoms with Gasteiger partial charge in [0.05, 0.1) is 28.2 Å². The first kappa shape index (κ1) is 22.1. The summed E-state index contributed by atoms with van der Waals surface area (Å²) in [6, 6.07) is 18.4. The topological polar surface area (TPSA) is 80.2 Å². The van der Waals surface area contributed by atoms with Crippen molar-refractivity contribution in [2.75, 3.05) is 10.7 Å². The van der Waals surface area contributed by atoms with Gasteiger partial charge >= 0.3 is 0 Å². The minimum Gasteiger partial charge on any atom is -0.281 e. The Labute approximate surface area is 191 Å². The van der Waals surface area contributed by atoms with Crippen molar-refractivity contribution in [3.63, 3.8) is 0 Å². The van der Waals surface area contributed by atoms with Gasteiger partial charge in [0.2, 0.25) is 5.91 Å². The number of nitrogens with zero attached hydrogens (tertiary/aromatic N) is 3. The van der Waals surface area contributed by atoms with Crippen LogP contribution in [-0.4, -0.2) is 30.0 Å². The molecule has 32 heavy (non-hydrogen) atoms. The smallest absolute Gasteiger partial charge is 0.244 e. The van der Waals surface area contributed by atoms with Gasteiger partial charge in [-0.25, -0.2) is 13.4 Å². The van der Waals surface area contributed by atoms with Gasteiger partial charge < -0.3 is 0 Å². The van der Waals surface area contributed by atoms with Crippen LogP contribution in [-0.2, 0) is 26.9 Å². The van der Waals surface area contributed by atoms with E-state index in [2.05, 4.69) is 9.97 Å². The molecule has 1 amide bonds. The van der Waals surface area contributed by atoms with Crippen molar-refractivity contribution in [1.29, 1.82) is 0 Å². The standard InChI is InChI=1S/C24H23N3O3S2/c1-17-12-18(2)23-21(13-17)31-24(26-23)27(14-20-10-6-7-11-25-20)22(28)16-32(29,30)15-19-8-4-3-5-9-19/h3-13H,14-16H2,1-2H3. The number of hydrogen-bond donors (Lipinski definition) is 0. The number of carbonyl (C=O) groups is 1. The third-order valence-electron chi connectivity index (χ3n) is 4.97. The van der Waals surface area contributed by atoms with Crippen LogP contribution in [0.5, 0.6) is 0 Å². The molecule has 0 radical (unpaired) electrons. The van der Waals surface area contributed by atoms with Gasteiger partial charge in [0, 0.05) is 6.20 Å². The van der Waals surface area contributed by atoms with Gasteiger partial charge in [0.25, 0.3) is 0 Å². The van der Waals surface area contributed by atoms with Crippen molar-refractivity contribution in [2.24, 2.45) is 0 Å². The van der Waals surface area contributed by atoms with Gasteiger partial charge in [0.15, 0.2) is 15.0 Å². The summed E-state index contributed by atoms with van der Waals surface area (Å²) in [5, 5.41) is 0.472. The number of aryl methyl sites for hydroxylation is 2. The lowest BCUT2D eigenvalue weighted by atomic mass is 10.1. The molecule has 6 nitrogen and oxygen atoms in total. The van der Waals surface area contributed by atoms with Crippen LogP contribution in [0.1, 0.15) is 22.4 Å². The Kier molecular flexibility index (Phi) is 6.34. The Balaban J connectivity index is 1.66. The third-order valence-corrected chi connectivity index (χ3v) is 7.45. The first-order valence-corrected chi connectivity index (χ1v) is 12.8. The summed E-state index contributed by atoms with van der Waals surface area (Å²) in [7, 11) is -3.66. The Morgan fingerprint density at radius 1 is 1.03 bits per heavy atom. The molecule has 164 valence electrons. The van der Waals surface area contributed by atoms with E-state index in [-0.39, 0.29) is 12.3 Å². The second-order valence-corrected chi connectivity index (χ2v) is 10.8. The van der Waals surface area contributed by atoms with Gasteiger partial charge in [-0.05, 0) is 48.7 Å². The van der Waals surface area contributed by atoms with E-state index < -0.39 is 21.5 Å². The number of carbonyl (C=O) groups excluding carboxylic acids is 1. The highest BCUT2D eigenvalue weighted by molar-refractivity contribution is 7.91. The normalized spacial score (nSPS) is 11.6. The van der Waals surface area contributed by atoms with E-state index in [9.17, 15) is 13.2 Å². The number of aromatic nitrogens is 2. The number of anilines is 1. The van der Waals surface area contributed by atoms with Crippen molar-refractivity contribution < 1.29 is 13.2 Å². The summed E-state index contributed by atoms with van der Waals surface area (Å²) in [6.07, 6.45) is 1.65. The van der Waals surface area contributed by atoms with Gasteiger partial charge in [-0.15, -0.1) is 0 Å². The van der Waals surface area contributed by atoms with E-state index in [1.807, 2.05) is 44.2 Å². The number of fused-ring (bicyclic) bond motifs is 1. The first-order valence-electron chi connectivity index (χ1n) is 10.1. The highest BCUT2D eigenvalue weighted by Gasteiger charge is 2.26. The molecule has 0 saturated carbocycles. The molecule has 0 saturated heterocycles. The Bertz CT molecular complexity index is 1350. The SMILES string of the molecule is Cc1cc(C)c2nc(N(Cc3ccccn3)C(=O)CS(=O)(=O)Cc3ccccc3)sc2c1. The molecule has 0 spiro atoms. The van der Waals surface area contributed by atoms with Gasteiger partial charge in [-0.2, -0.15) is 0 Å². The maximum Gasteiger partial charge on any atom is 0.244 e. The van der Waals surface area contributed by atoms with E-state index >= 15 is 0 Å². The van der Waals surface area contributed by atoms with Crippen molar-refractivity contribution in [3.05, 3.63) is 89.2 Å². The molecule has 0 aliphatic heterocycles. The van der Waals surface area contributed by atoms with Crippen molar-refractivity contribution in [2.45, 2.75) is 26.1 Å². The lowest BCUT2D eigenvalue weighted by Crippen LogP contribution is -2.36. The highest BCUT2D eigenvalue weighted by atomic mass is 32.2. The van der Waals surface area contributed by atoms with Gasteiger partial charge in [-0.1, -0.05) is 53.8 Å². The number of sulfone groups is 1. The molecule has 2 heterocycles. The minimum absolute atomic E-state index is 0.151. The maximum absolute atomic E-state index is 13.3. The van der Waals surface area contributed by atoms with Crippen LogP contribution in [0, 0.1) is 13.8 Å². The number of thiazole rings is 1. The summed E-state index contributed by atoms with van der Waals surface area (Å²) in [6.45, 7) is 4.14. The molecule has 4 rings (SSSR count). The highest BCUT2D eigenvalue weighted by Crippen LogP contribution is 2.32. The van der Waals surface area contributed by atoms with E-state index in [0.29, 0.717) is 16.4 Å². The quantitative estimate of drug-likeness (QED) is 0.403. The zero-order chi connectivity index (χ0) is 22.7. The average Bonchev–Trinajstić information content (AvgIpc) is 3.16. The largest absolute Gasteiger partial charge is 0.281 e. The molecule has 4 aromatic rings. The molecule has 0 unspecified atom stereocenters. The Morgan fingerprint density at radius 3 is 2.50 bits per heavy atom. The predicted octanol–water partition coefficient (Wildman–Crippen LogP) is 4.46. The summed E-state index contributed by atoms with van der Waals surface area (Å²) < 4.78 is 26.5. The molecule has 0 aliphatic carbocycles. The molecule has 0 bridgehead atoms. The summed E-state index contributed by atoms with van der Waals surface area (Å²) in [5.41, 5.74) is 4.26. The zero-order valence-corrected chi connectivity index (χ0v) is 19.5. The van der Waals surface area contributed by atoms with Crippen LogP contribution in [0.15, 0.2) is 66.9 Å². The number of pyridine rings is 1. The lowest BCUT2D eigenvalue weighted by Gasteiger charge is -2.19. The molecule has 8 heteroatoms. The average molecular weight is 466 g/mol. The zero-order valence-electron chi connectivity index (χ0n) is 17.9. The number of benzene rings is 2. The summed E-state index contributed by atoms with van der Waals surface area (Å²) >= 11 is 1.38. The maximum atomic E-state index is 13.3. The van der Waals surface area contributed by atoms with Crippen LogP contribution in [0.3, 0.4) is 0 Å². The number of hydrogen-bond acceptors (Lipinski definition) is 6. The second kappa shape index (κ2) is 9.18. The first-order chi connectivity index (χ1) is 15.3. The molecular weight excluding hydrogens is 442 g/mol.